The molecule has 2 aromatic rings. The van der Waals surface area contributed by atoms with E-state index in [1.807, 2.05) is 30.3 Å². The molecule has 2 aliphatic rings. The molecule has 0 saturated heterocycles. The lowest BCUT2D eigenvalue weighted by molar-refractivity contribution is -0.149. The number of esters is 1. The molecule has 1 saturated carbocycles. The minimum atomic E-state index is -0.144. The third kappa shape index (κ3) is 4.31. The number of ether oxygens (including phenoxy) is 4. The number of rotatable bonds is 8. The largest absolute Gasteiger partial charge is 0.493 e. The highest BCUT2D eigenvalue weighted by molar-refractivity contribution is 5.99. The number of carbonyl (C=O) groups is 2. The summed E-state index contributed by atoms with van der Waals surface area (Å²) in [7, 11) is 3.12. The third-order valence-corrected chi connectivity index (χ3v) is 5.86. The molecule has 1 N–H and O–H groups in total. The third-order valence-electron chi connectivity index (χ3n) is 5.86. The molecule has 0 bridgehead atoms. The van der Waals surface area contributed by atoms with Gasteiger partial charge < -0.3 is 24.3 Å². The molecule has 1 amide bonds. The van der Waals surface area contributed by atoms with Crippen LogP contribution in [0.25, 0.3) is 11.1 Å². The van der Waals surface area contributed by atoms with Crippen molar-refractivity contribution in [2.45, 2.75) is 32.2 Å². The number of hydrogen-bond donors (Lipinski definition) is 1. The summed E-state index contributed by atoms with van der Waals surface area (Å²) in [4.78, 5) is 24.0. The predicted molar refractivity (Wildman–Crippen MR) is 115 cm³/mol. The zero-order valence-corrected chi connectivity index (χ0v) is 17.9. The minimum Gasteiger partial charge on any atom is -0.493 e. The van der Waals surface area contributed by atoms with E-state index in [4.69, 9.17) is 18.9 Å². The van der Waals surface area contributed by atoms with Crippen molar-refractivity contribution in [3.8, 4) is 28.4 Å². The van der Waals surface area contributed by atoms with Crippen LogP contribution < -0.4 is 19.5 Å². The molecule has 1 aliphatic heterocycles. The lowest BCUT2D eigenvalue weighted by Gasteiger charge is -2.18. The fraction of sp³-hybridized carbons (Fsp3) is 0.417. The highest BCUT2D eigenvalue weighted by Gasteiger charge is 2.25. The average molecular weight is 425 g/mol. The first-order valence-corrected chi connectivity index (χ1v) is 10.6. The molecule has 4 rings (SSSR count). The van der Waals surface area contributed by atoms with Gasteiger partial charge >= 0.3 is 5.97 Å². The van der Waals surface area contributed by atoms with Crippen LogP contribution in [0.5, 0.6) is 17.2 Å². The summed E-state index contributed by atoms with van der Waals surface area (Å²) in [6.07, 6.45) is 3.98. The maximum absolute atomic E-state index is 12.1. The smallest absolute Gasteiger partial charge is 0.309 e. The van der Waals surface area contributed by atoms with Crippen LogP contribution in [0.1, 0.15) is 41.6 Å². The van der Waals surface area contributed by atoms with Gasteiger partial charge in [-0.05, 0) is 48.2 Å². The van der Waals surface area contributed by atoms with Gasteiger partial charge in [0.15, 0.2) is 11.5 Å². The quantitative estimate of drug-likeness (QED) is 0.513. The standard InChI is InChI=1S/C24H27NO6/c1-28-20-10-9-18(16-7-8-19-17(13-16)14-25-23(19)26)21(22(20)29-2)30-11-12-31-24(27)15-5-3-4-6-15/h7-10,13,15H,3-6,11-12,14H2,1-2H3,(H,25,26). The average Bonchev–Trinajstić information content (AvgIpc) is 3.46. The molecule has 7 nitrogen and oxygen atoms in total. The fourth-order valence-corrected chi connectivity index (χ4v) is 4.23. The summed E-state index contributed by atoms with van der Waals surface area (Å²) in [5.41, 5.74) is 3.33. The molecular formula is C24H27NO6. The Balaban J connectivity index is 1.55. The number of nitrogens with one attached hydrogen (secondary N) is 1. The summed E-state index contributed by atoms with van der Waals surface area (Å²) in [5, 5.41) is 2.83. The molecule has 0 radical (unpaired) electrons. The zero-order chi connectivity index (χ0) is 21.8. The number of carbonyl (C=O) groups excluding carboxylic acids is 2. The van der Waals surface area contributed by atoms with Gasteiger partial charge in [0.1, 0.15) is 13.2 Å². The van der Waals surface area contributed by atoms with E-state index in [-0.39, 0.29) is 31.0 Å². The summed E-state index contributed by atoms with van der Waals surface area (Å²) in [6.45, 7) is 0.861. The molecule has 31 heavy (non-hydrogen) atoms. The summed E-state index contributed by atoms with van der Waals surface area (Å²) in [6, 6.07) is 9.39. The van der Waals surface area contributed by atoms with E-state index in [9.17, 15) is 9.59 Å². The summed E-state index contributed by atoms with van der Waals surface area (Å²) < 4.78 is 22.5. The number of hydrogen-bond acceptors (Lipinski definition) is 6. The van der Waals surface area contributed by atoms with Crippen LogP contribution in [0.15, 0.2) is 30.3 Å². The molecule has 1 fully saturated rings. The van der Waals surface area contributed by atoms with Gasteiger partial charge in [-0.2, -0.15) is 0 Å². The molecule has 0 spiro atoms. The van der Waals surface area contributed by atoms with Crippen LogP contribution in [-0.4, -0.2) is 39.3 Å². The zero-order valence-electron chi connectivity index (χ0n) is 17.9. The van der Waals surface area contributed by atoms with Crippen LogP contribution in [0.4, 0.5) is 0 Å². The lowest BCUT2D eigenvalue weighted by atomic mass is 9.99. The number of fused-ring (bicyclic) bond motifs is 1. The van der Waals surface area contributed by atoms with Crippen molar-refractivity contribution in [3.05, 3.63) is 41.5 Å². The van der Waals surface area contributed by atoms with Crippen LogP contribution in [0.3, 0.4) is 0 Å². The van der Waals surface area contributed by atoms with E-state index < -0.39 is 0 Å². The highest BCUT2D eigenvalue weighted by atomic mass is 16.6. The first kappa shape index (κ1) is 21.0. The van der Waals surface area contributed by atoms with Crippen molar-refractivity contribution in [2.24, 2.45) is 5.92 Å². The van der Waals surface area contributed by atoms with Crippen LogP contribution in [0, 0.1) is 5.92 Å². The number of amides is 1. The van der Waals surface area contributed by atoms with Gasteiger partial charge in [-0.1, -0.05) is 18.9 Å². The first-order valence-electron chi connectivity index (χ1n) is 10.6. The Morgan fingerprint density at radius 3 is 2.52 bits per heavy atom. The predicted octanol–water partition coefficient (Wildman–Crippen LogP) is 3.73. The van der Waals surface area contributed by atoms with Gasteiger partial charge in [-0.15, -0.1) is 0 Å². The monoisotopic (exact) mass is 425 g/mol. The van der Waals surface area contributed by atoms with Crippen LogP contribution in [0.2, 0.25) is 0 Å². The Kier molecular flexibility index (Phi) is 6.30. The summed E-state index contributed by atoms with van der Waals surface area (Å²) >= 11 is 0. The molecule has 0 aromatic heterocycles. The molecule has 1 heterocycles. The molecule has 7 heteroatoms. The van der Waals surface area contributed by atoms with E-state index in [1.165, 1.54) is 0 Å². The van der Waals surface area contributed by atoms with Crippen molar-refractivity contribution in [2.75, 3.05) is 27.4 Å². The second kappa shape index (κ2) is 9.29. The second-order valence-corrected chi connectivity index (χ2v) is 7.73. The minimum absolute atomic E-state index is 0.0182. The van der Waals surface area contributed by atoms with Gasteiger partial charge in [0, 0.05) is 17.7 Å². The SMILES string of the molecule is COc1ccc(-c2ccc3c(c2)CNC3=O)c(OCCOC(=O)C2CCCC2)c1OC. The number of benzene rings is 2. The van der Waals surface area contributed by atoms with Crippen molar-refractivity contribution < 1.29 is 28.5 Å². The van der Waals surface area contributed by atoms with E-state index >= 15 is 0 Å². The first-order chi connectivity index (χ1) is 15.1. The maximum Gasteiger partial charge on any atom is 0.309 e. The van der Waals surface area contributed by atoms with E-state index in [0.717, 1.165) is 42.4 Å². The number of methoxy groups -OCH3 is 2. The molecular weight excluding hydrogens is 398 g/mol. The van der Waals surface area contributed by atoms with Crippen LogP contribution >= 0.6 is 0 Å². The molecule has 164 valence electrons. The second-order valence-electron chi connectivity index (χ2n) is 7.73. The Hall–Kier alpha value is -3.22. The Morgan fingerprint density at radius 2 is 1.77 bits per heavy atom. The van der Waals surface area contributed by atoms with Crippen molar-refractivity contribution >= 4 is 11.9 Å². The Labute approximate surface area is 181 Å². The lowest BCUT2D eigenvalue weighted by Crippen LogP contribution is -2.18. The Morgan fingerprint density at radius 1 is 1.00 bits per heavy atom. The van der Waals surface area contributed by atoms with Gasteiger partial charge in [0.05, 0.1) is 20.1 Å². The normalized spacial score (nSPS) is 15.4. The molecule has 0 atom stereocenters. The fourth-order valence-electron chi connectivity index (χ4n) is 4.23. The van der Waals surface area contributed by atoms with Gasteiger partial charge in [-0.25, -0.2) is 0 Å². The molecule has 0 unspecified atom stereocenters. The van der Waals surface area contributed by atoms with Crippen LogP contribution in [-0.2, 0) is 16.1 Å². The van der Waals surface area contributed by atoms with E-state index in [1.54, 1.807) is 14.2 Å². The maximum atomic E-state index is 12.1. The van der Waals surface area contributed by atoms with Gasteiger partial charge in [-0.3, -0.25) is 9.59 Å². The Bertz CT molecular complexity index is 980. The van der Waals surface area contributed by atoms with Crippen molar-refractivity contribution in [3.63, 3.8) is 0 Å². The van der Waals surface area contributed by atoms with E-state index in [2.05, 4.69) is 5.32 Å². The van der Waals surface area contributed by atoms with Crippen molar-refractivity contribution in [1.29, 1.82) is 0 Å². The molecule has 2 aromatic carbocycles. The van der Waals surface area contributed by atoms with Crippen molar-refractivity contribution in [1.82, 2.24) is 5.32 Å². The van der Waals surface area contributed by atoms with Gasteiger partial charge in [0.25, 0.3) is 5.91 Å². The highest BCUT2D eigenvalue weighted by Crippen LogP contribution is 2.45. The molecule has 1 aliphatic carbocycles. The summed E-state index contributed by atoms with van der Waals surface area (Å²) in [5.74, 6) is 1.34. The topological polar surface area (TPSA) is 83.1 Å². The van der Waals surface area contributed by atoms with Gasteiger partial charge in [0.2, 0.25) is 5.75 Å². The van der Waals surface area contributed by atoms with E-state index in [0.29, 0.717) is 29.4 Å².